The zero-order chi connectivity index (χ0) is 19.5. The Kier molecular flexibility index (Phi) is 9.39. The van der Waals surface area contributed by atoms with Gasteiger partial charge in [0, 0.05) is 18.5 Å². The van der Waals surface area contributed by atoms with Crippen LogP contribution in [0.1, 0.15) is 63.3 Å². The van der Waals surface area contributed by atoms with Crippen LogP contribution in [-0.4, -0.2) is 39.5 Å². The van der Waals surface area contributed by atoms with Crippen LogP contribution in [0.25, 0.3) is 6.08 Å². The van der Waals surface area contributed by atoms with E-state index in [2.05, 4.69) is 18.0 Å². The fraction of sp³-hybridized carbons (Fsp3) is 0.545. The third-order valence-corrected chi connectivity index (χ3v) is 4.58. The molecule has 0 aromatic carbocycles. The van der Waals surface area contributed by atoms with Gasteiger partial charge in [-0.2, -0.15) is 0 Å². The lowest BCUT2D eigenvalue weighted by atomic mass is 10.0. The quantitative estimate of drug-likeness (QED) is 0.484. The number of hydrogen-bond acceptors (Lipinski definition) is 5. The highest BCUT2D eigenvalue weighted by Crippen LogP contribution is 2.18. The molecule has 27 heavy (non-hydrogen) atoms. The molecular formula is C22H31NO4. The number of allylic oxidation sites excluding steroid dienone is 1. The number of carbonyl (C=O) groups is 1. The van der Waals surface area contributed by atoms with Gasteiger partial charge in [0.2, 0.25) is 6.29 Å². The van der Waals surface area contributed by atoms with E-state index in [0.717, 1.165) is 17.8 Å². The molecule has 0 aliphatic carbocycles. The number of aliphatic hydroxyl groups excluding tert-OH is 2. The average Bonchev–Trinajstić information content (AvgIpc) is 2.66. The summed E-state index contributed by atoms with van der Waals surface area (Å²) >= 11 is 0. The molecule has 3 unspecified atom stereocenters. The van der Waals surface area contributed by atoms with E-state index >= 15 is 0 Å². The van der Waals surface area contributed by atoms with E-state index in [1.54, 1.807) is 6.08 Å². The van der Waals surface area contributed by atoms with Crippen molar-refractivity contribution >= 4 is 11.9 Å². The summed E-state index contributed by atoms with van der Waals surface area (Å²) in [5.74, 6) is -0.260. The van der Waals surface area contributed by atoms with Crippen molar-refractivity contribution in [3.63, 3.8) is 0 Å². The van der Waals surface area contributed by atoms with E-state index in [1.165, 1.54) is 19.3 Å². The van der Waals surface area contributed by atoms with Crippen LogP contribution in [0.5, 0.6) is 0 Å². The molecule has 1 aliphatic rings. The van der Waals surface area contributed by atoms with Gasteiger partial charge >= 0.3 is 0 Å². The van der Waals surface area contributed by atoms with Gasteiger partial charge in [0.15, 0.2) is 5.78 Å². The normalized spacial score (nSPS) is 22.0. The highest BCUT2D eigenvalue weighted by molar-refractivity contribution is 5.82. The number of rotatable bonds is 10. The number of unbranched alkanes of at least 4 members (excludes halogenated alkanes) is 3. The van der Waals surface area contributed by atoms with Crippen LogP contribution in [-0.2, 0) is 16.0 Å². The number of ether oxygens (including phenoxy) is 1. The average molecular weight is 373 g/mol. The minimum Gasteiger partial charge on any atom is -0.389 e. The molecule has 5 heteroatoms. The second kappa shape index (κ2) is 11.8. The van der Waals surface area contributed by atoms with Crippen LogP contribution in [0, 0.1) is 0 Å². The highest BCUT2D eigenvalue weighted by atomic mass is 16.6. The molecule has 1 saturated heterocycles. The molecule has 0 amide bonds. The number of Topliss-reactive ketones (excluding diaryl/α,β-unsaturated/α-hetero) is 1. The smallest absolute Gasteiger partial charge is 0.215 e. The maximum atomic E-state index is 11.3. The fourth-order valence-electron chi connectivity index (χ4n) is 2.99. The van der Waals surface area contributed by atoms with Crippen LogP contribution in [0.4, 0.5) is 0 Å². The summed E-state index contributed by atoms with van der Waals surface area (Å²) < 4.78 is 5.32. The van der Waals surface area contributed by atoms with Gasteiger partial charge in [-0.1, -0.05) is 44.1 Å². The number of carbonyl (C=O) groups excluding carboxylic acids is 1. The highest BCUT2D eigenvalue weighted by Gasteiger charge is 2.27. The molecule has 1 aromatic rings. The van der Waals surface area contributed by atoms with Crippen molar-refractivity contribution in [2.45, 2.75) is 76.8 Å². The number of nitrogens with zero attached hydrogens (tertiary/aromatic N) is 1. The van der Waals surface area contributed by atoms with E-state index in [1.807, 2.05) is 30.4 Å². The third-order valence-electron chi connectivity index (χ3n) is 4.58. The van der Waals surface area contributed by atoms with E-state index in [0.29, 0.717) is 25.7 Å². The molecule has 2 rings (SSSR count). The van der Waals surface area contributed by atoms with Gasteiger partial charge in [0.05, 0.1) is 17.9 Å². The summed E-state index contributed by atoms with van der Waals surface area (Å²) in [5.41, 5.74) is 1.61. The molecule has 2 heterocycles. The molecule has 0 bridgehead atoms. The Morgan fingerprint density at radius 2 is 2.19 bits per heavy atom. The van der Waals surface area contributed by atoms with Crippen LogP contribution >= 0.6 is 0 Å². The topological polar surface area (TPSA) is 79.7 Å². The van der Waals surface area contributed by atoms with Crippen LogP contribution in [0.15, 0.2) is 36.4 Å². The predicted molar refractivity (Wildman–Crippen MR) is 106 cm³/mol. The monoisotopic (exact) mass is 373 g/mol. The van der Waals surface area contributed by atoms with E-state index in [9.17, 15) is 15.0 Å². The largest absolute Gasteiger partial charge is 0.389 e. The zero-order valence-corrected chi connectivity index (χ0v) is 16.1. The van der Waals surface area contributed by atoms with Gasteiger partial charge in [-0.05, 0) is 43.9 Å². The van der Waals surface area contributed by atoms with Gasteiger partial charge in [-0.25, -0.2) is 0 Å². The van der Waals surface area contributed by atoms with Crippen molar-refractivity contribution in [3.8, 4) is 0 Å². The van der Waals surface area contributed by atoms with Gasteiger partial charge in [0.25, 0.3) is 0 Å². The minimum absolute atomic E-state index is 0.201. The van der Waals surface area contributed by atoms with Gasteiger partial charge in [-0.15, -0.1) is 0 Å². The molecule has 1 fully saturated rings. The molecule has 0 spiro atoms. The summed E-state index contributed by atoms with van der Waals surface area (Å²) in [7, 11) is 0. The minimum atomic E-state index is -1.31. The van der Waals surface area contributed by atoms with Crippen LogP contribution in [0.3, 0.4) is 0 Å². The summed E-state index contributed by atoms with van der Waals surface area (Å²) in [6, 6.07) is 5.69. The molecular weight excluding hydrogens is 342 g/mol. The Bertz CT molecular complexity index is 641. The SMILES string of the molecule is CCCCCC=CCC(O)C=Cc1cccc(CC2CCC(=O)C(O)O2)n1. The van der Waals surface area contributed by atoms with Crippen molar-refractivity contribution in [1.29, 1.82) is 0 Å². The lowest BCUT2D eigenvalue weighted by molar-refractivity contribution is -0.179. The second-order valence-electron chi connectivity index (χ2n) is 7.00. The lowest BCUT2D eigenvalue weighted by Gasteiger charge is -2.25. The summed E-state index contributed by atoms with van der Waals surface area (Å²) in [5, 5.41) is 19.6. The Morgan fingerprint density at radius 3 is 2.96 bits per heavy atom. The molecule has 1 aromatic heterocycles. The van der Waals surface area contributed by atoms with Gasteiger partial charge < -0.3 is 14.9 Å². The van der Waals surface area contributed by atoms with Gasteiger partial charge in [0.1, 0.15) is 0 Å². The van der Waals surface area contributed by atoms with Crippen molar-refractivity contribution in [1.82, 2.24) is 4.98 Å². The van der Waals surface area contributed by atoms with Crippen LogP contribution in [0.2, 0.25) is 0 Å². The molecule has 5 nitrogen and oxygen atoms in total. The standard InChI is InChI=1S/C22H31NO4/c1-2-3-4-5-6-7-11-19(24)13-12-17-9-8-10-18(23-17)16-20-14-15-21(25)22(26)27-20/h6-10,12-13,19-20,22,24,26H,2-5,11,14-16H2,1H3. The fourth-order valence-corrected chi connectivity index (χ4v) is 2.99. The van der Waals surface area contributed by atoms with Crippen LogP contribution < -0.4 is 0 Å². The predicted octanol–water partition coefficient (Wildman–Crippen LogP) is 3.59. The third kappa shape index (κ3) is 8.16. The first-order valence-corrected chi connectivity index (χ1v) is 9.92. The Labute approximate surface area is 161 Å². The maximum Gasteiger partial charge on any atom is 0.215 e. The Balaban J connectivity index is 1.80. The van der Waals surface area contributed by atoms with Gasteiger partial charge in [-0.3, -0.25) is 9.78 Å². The van der Waals surface area contributed by atoms with Crippen molar-refractivity contribution < 1.29 is 19.7 Å². The summed E-state index contributed by atoms with van der Waals surface area (Å²) in [6.07, 6.45) is 12.5. The zero-order valence-electron chi connectivity index (χ0n) is 16.1. The van der Waals surface area contributed by atoms with E-state index in [-0.39, 0.29) is 11.9 Å². The van der Waals surface area contributed by atoms with Crippen molar-refractivity contribution in [2.24, 2.45) is 0 Å². The number of aliphatic hydroxyl groups is 2. The Hall–Kier alpha value is -1.82. The Morgan fingerprint density at radius 1 is 1.33 bits per heavy atom. The first-order valence-electron chi connectivity index (χ1n) is 9.92. The molecule has 3 atom stereocenters. The second-order valence-corrected chi connectivity index (χ2v) is 7.00. The maximum absolute atomic E-state index is 11.3. The number of pyridine rings is 1. The number of ketones is 1. The summed E-state index contributed by atoms with van der Waals surface area (Å²) in [4.78, 5) is 15.9. The van der Waals surface area contributed by atoms with E-state index < -0.39 is 12.4 Å². The molecule has 2 N–H and O–H groups in total. The first-order chi connectivity index (χ1) is 13.1. The molecule has 148 valence electrons. The molecule has 0 radical (unpaired) electrons. The van der Waals surface area contributed by atoms with E-state index in [4.69, 9.17) is 4.74 Å². The number of aromatic nitrogens is 1. The van der Waals surface area contributed by atoms with Crippen molar-refractivity contribution in [3.05, 3.63) is 47.8 Å². The number of hydrogen-bond donors (Lipinski definition) is 2. The lowest BCUT2D eigenvalue weighted by Crippen LogP contribution is -2.36. The van der Waals surface area contributed by atoms with Crippen molar-refractivity contribution in [2.75, 3.05) is 0 Å². The molecule has 1 aliphatic heterocycles. The molecule has 0 saturated carbocycles. The summed E-state index contributed by atoms with van der Waals surface area (Å²) in [6.45, 7) is 2.19. The first kappa shape index (κ1) is 21.5.